The Kier molecular flexibility index (Phi) is 4.55. The topological polar surface area (TPSA) is 9.23 Å². The molecular formula is C15H12ClF3O. The molecule has 2 aromatic rings. The van der Waals surface area contributed by atoms with Crippen LogP contribution in [-0.4, -0.2) is 7.11 Å². The van der Waals surface area contributed by atoms with Crippen LogP contribution in [-0.2, 0) is 6.42 Å². The average Bonchev–Trinajstić information content (AvgIpc) is 2.43. The number of benzene rings is 2. The quantitative estimate of drug-likeness (QED) is 0.748. The van der Waals surface area contributed by atoms with Crippen molar-refractivity contribution in [3.63, 3.8) is 0 Å². The highest BCUT2D eigenvalue weighted by Gasteiger charge is 2.17. The monoisotopic (exact) mass is 300 g/mol. The van der Waals surface area contributed by atoms with Crippen molar-refractivity contribution in [3.05, 3.63) is 65.0 Å². The van der Waals surface area contributed by atoms with Crippen LogP contribution in [0.1, 0.15) is 16.5 Å². The standard InChI is InChI=1S/C15H12ClF3O/c1-20-15-7-9(5-6-14(15)19)11(16)8-10-12(17)3-2-4-13(10)18/h2-7,11H,8H2,1H3. The Labute approximate surface area is 119 Å². The highest BCUT2D eigenvalue weighted by atomic mass is 35.5. The Balaban J connectivity index is 2.26. The molecule has 0 saturated heterocycles. The van der Waals surface area contributed by atoms with Gasteiger partial charge in [0.2, 0.25) is 0 Å². The molecule has 0 aliphatic rings. The Morgan fingerprint density at radius 3 is 2.30 bits per heavy atom. The van der Waals surface area contributed by atoms with Crippen molar-refractivity contribution in [1.82, 2.24) is 0 Å². The van der Waals surface area contributed by atoms with Gasteiger partial charge < -0.3 is 4.74 Å². The van der Waals surface area contributed by atoms with E-state index < -0.39 is 22.8 Å². The maximum atomic E-state index is 13.6. The molecule has 106 valence electrons. The first-order chi connectivity index (χ1) is 9.52. The second kappa shape index (κ2) is 6.18. The summed E-state index contributed by atoms with van der Waals surface area (Å²) in [6.45, 7) is 0. The highest BCUT2D eigenvalue weighted by molar-refractivity contribution is 6.20. The van der Waals surface area contributed by atoms with Gasteiger partial charge in [-0.2, -0.15) is 0 Å². The van der Waals surface area contributed by atoms with Gasteiger partial charge in [0.05, 0.1) is 12.5 Å². The summed E-state index contributed by atoms with van der Waals surface area (Å²) in [6, 6.07) is 7.74. The van der Waals surface area contributed by atoms with Crippen molar-refractivity contribution in [2.24, 2.45) is 0 Å². The van der Waals surface area contributed by atoms with Crippen LogP contribution in [0.5, 0.6) is 5.75 Å². The van der Waals surface area contributed by atoms with Crippen LogP contribution in [0.25, 0.3) is 0 Å². The summed E-state index contributed by atoms with van der Waals surface area (Å²) in [4.78, 5) is 0. The summed E-state index contributed by atoms with van der Waals surface area (Å²) < 4.78 is 45.3. The summed E-state index contributed by atoms with van der Waals surface area (Å²) in [5.74, 6) is -1.77. The van der Waals surface area contributed by atoms with E-state index in [4.69, 9.17) is 16.3 Å². The molecule has 20 heavy (non-hydrogen) atoms. The lowest BCUT2D eigenvalue weighted by molar-refractivity contribution is 0.386. The zero-order valence-corrected chi connectivity index (χ0v) is 11.4. The van der Waals surface area contributed by atoms with Gasteiger partial charge in [-0.15, -0.1) is 11.6 Å². The third kappa shape index (κ3) is 3.07. The second-order valence-corrected chi connectivity index (χ2v) is 4.79. The number of rotatable bonds is 4. The summed E-state index contributed by atoms with van der Waals surface area (Å²) in [5, 5.41) is -0.684. The first-order valence-electron chi connectivity index (χ1n) is 5.93. The molecule has 0 aromatic heterocycles. The zero-order chi connectivity index (χ0) is 14.7. The average molecular weight is 301 g/mol. The van der Waals surface area contributed by atoms with Gasteiger partial charge in [0.15, 0.2) is 11.6 Å². The molecule has 1 nitrogen and oxygen atoms in total. The van der Waals surface area contributed by atoms with Crippen molar-refractivity contribution in [2.45, 2.75) is 11.8 Å². The lowest BCUT2D eigenvalue weighted by atomic mass is 10.0. The van der Waals surface area contributed by atoms with Crippen molar-refractivity contribution in [1.29, 1.82) is 0 Å². The summed E-state index contributed by atoms with van der Waals surface area (Å²) >= 11 is 6.15. The van der Waals surface area contributed by atoms with Gasteiger partial charge >= 0.3 is 0 Å². The predicted molar refractivity (Wildman–Crippen MR) is 71.6 cm³/mol. The fourth-order valence-electron chi connectivity index (χ4n) is 1.90. The number of hydrogen-bond acceptors (Lipinski definition) is 1. The molecule has 1 unspecified atom stereocenters. The predicted octanol–water partition coefficient (Wildman–Crippen LogP) is 4.64. The molecule has 1 atom stereocenters. The normalized spacial score (nSPS) is 12.2. The fraction of sp³-hybridized carbons (Fsp3) is 0.200. The Bertz CT molecular complexity index is 596. The largest absolute Gasteiger partial charge is 0.494 e. The second-order valence-electron chi connectivity index (χ2n) is 4.27. The van der Waals surface area contributed by atoms with E-state index in [1.165, 1.54) is 43.5 Å². The van der Waals surface area contributed by atoms with Crippen LogP contribution < -0.4 is 4.74 Å². The van der Waals surface area contributed by atoms with Crippen LogP contribution in [0.3, 0.4) is 0 Å². The lowest BCUT2D eigenvalue weighted by Crippen LogP contribution is -2.02. The molecule has 0 N–H and O–H groups in total. The highest BCUT2D eigenvalue weighted by Crippen LogP contribution is 2.30. The summed E-state index contributed by atoms with van der Waals surface area (Å²) in [5.41, 5.74) is 0.448. The molecule has 0 fully saturated rings. The minimum atomic E-state index is -0.684. The van der Waals surface area contributed by atoms with E-state index in [-0.39, 0.29) is 17.7 Å². The molecule has 0 radical (unpaired) electrons. The maximum absolute atomic E-state index is 13.6. The van der Waals surface area contributed by atoms with E-state index in [0.29, 0.717) is 5.56 Å². The van der Waals surface area contributed by atoms with Gasteiger partial charge in [-0.05, 0) is 36.2 Å². The Hall–Kier alpha value is -1.68. The van der Waals surface area contributed by atoms with Crippen molar-refractivity contribution >= 4 is 11.6 Å². The first kappa shape index (κ1) is 14.7. The number of halogens is 4. The number of alkyl halides is 1. The van der Waals surface area contributed by atoms with Crippen LogP contribution in [0.15, 0.2) is 36.4 Å². The molecule has 0 heterocycles. The third-order valence-corrected chi connectivity index (χ3v) is 3.39. The van der Waals surface area contributed by atoms with E-state index in [1.54, 1.807) is 0 Å². The molecule has 2 rings (SSSR count). The van der Waals surface area contributed by atoms with E-state index >= 15 is 0 Å². The SMILES string of the molecule is COc1cc(C(Cl)Cc2c(F)cccc2F)ccc1F. The van der Waals surface area contributed by atoms with Crippen LogP contribution in [0.2, 0.25) is 0 Å². The van der Waals surface area contributed by atoms with Gasteiger partial charge in [-0.25, -0.2) is 13.2 Å². The number of hydrogen-bond donors (Lipinski definition) is 0. The molecule has 0 aliphatic carbocycles. The summed E-state index contributed by atoms with van der Waals surface area (Å²) in [7, 11) is 1.34. The van der Waals surface area contributed by atoms with Crippen LogP contribution in [0, 0.1) is 17.5 Å². The zero-order valence-electron chi connectivity index (χ0n) is 10.7. The van der Waals surface area contributed by atoms with E-state index in [1.807, 2.05) is 0 Å². The van der Waals surface area contributed by atoms with Crippen molar-refractivity contribution < 1.29 is 17.9 Å². The molecule has 5 heteroatoms. The van der Waals surface area contributed by atoms with Gasteiger partial charge in [-0.1, -0.05) is 12.1 Å². The number of ether oxygens (including phenoxy) is 1. The van der Waals surface area contributed by atoms with Crippen LogP contribution >= 0.6 is 11.6 Å². The Morgan fingerprint density at radius 2 is 1.70 bits per heavy atom. The van der Waals surface area contributed by atoms with E-state index in [9.17, 15) is 13.2 Å². The minimum absolute atomic E-state index is 0.0329. The molecule has 0 spiro atoms. The maximum Gasteiger partial charge on any atom is 0.165 e. The molecule has 0 saturated carbocycles. The van der Waals surface area contributed by atoms with Crippen molar-refractivity contribution in [3.8, 4) is 5.75 Å². The first-order valence-corrected chi connectivity index (χ1v) is 6.37. The summed E-state index contributed by atoms with van der Waals surface area (Å²) in [6.07, 6.45) is -0.0329. The molecule has 0 aliphatic heterocycles. The Morgan fingerprint density at radius 1 is 1.05 bits per heavy atom. The third-order valence-electron chi connectivity index (χ3n) is 2.98. The van der Waals surface area contributed by atoms with Gasteiger partial charge in [0.25, 0.3) is 0 Å². The van der Waals surface area contributed by atoms with E-state index in [0.717, 1.165) is 0 Å². The van der Waals surface area contributed by atoms with E-state index in [2.05, 4.69) is 0 Å². The number of methoxy groups -OCH3 is 1. The lowest BCUT2D eigenvalue weighted by Gasteiger charge is -2.13. The molecular weight excluding hydrogens is 289 g/mol. The fourth-order valence-corrected chi connectivity index (χ4v) is 2.19. The van der Waals surface area contributed by atoms with Gasteiger partial charge in [0, 0.05) is 5.56 Å². The smallest absolute Gasteiger partial charge is 0.165 e. The minimum Gasteiger partial charge on any atom is -0.494 e. The molecule has 2 aromatic carbocycles. The molecule has 0 bridgehead atoms. The van der Waals surface area contributed by atoms with Crippen LogP contribution in [0.4, 0.5) is 13.2 Å². The van der Waals surface area contributed by atoms with Gasteiger partial charge in [0.1, 0.15) is 11.6 Å². The molecule has 0 amide bonds. The van der Waals surface area contributed by atoms with Gasteiger partial charge in [-0.3, -0.25) is 0 Å². The van der Waals surface area contributed by atoms with Crippen molar-refractivity contribution in [2.75, 3.05) is 7.11 Å².